The first-order valence-electron chi connectivity index (χ1n) is 5.80. The first kappa shape index (κ1) is 15.5. The van der Waals surface area contributed by atoms with E-state index in [2.05, 4.69) is 20.8 Å². The molecule has 0 aliphatic carbocycles. The van der Waals surface area contributed by atoms with Crippen molar-refractivity contribution < 1.29 is 4.74 Å². The Labute approximate surface area is 104 Å². The van der Waals surface area contributed by atoms with Gasteiger partial charge in [0.1, 0.15) is 0 Å². The average Bonchev–Trinajstić information content (AvgIpc) is 2.24. The topological polar surface area (TPSA) is 9.23 Å². The number of ether oxygens (including phenoxy) is 1. The lowest BCUT2D eigenvalue weighted by Crippen LogP contribution is -2.26. The van der Waals surface area contributed by atoms with Crippen LogP contribution in [0.25, 0.3) is 0 Å². The number of alkyl halides is 2. The van der Waals surface area contributed by atoms with E-state index < -0.39 is 0 Å². The molecule has 1 nitrogen and oxygen atoms in total. The van der Waals surface area contributed by atoms with Crippen LogP contribution in [-0.4, -0.2) is 25.0 Å². The summed E-state index contributed by atoms with van der Waals surface area (Å²) >= 11 is 11.9. The van der Waals surface area contributed by atoms with Gasteiger partial charge in [-0.2, -0.15) is 0 Å². The van der Waals surface area contributed by atoms with Gasteiger partial charge >= 0.3 is 0 Å². The molecule has 0 rings (SSSR count). The number of hydrogen-bond acceptors (Lipinski definition) is 1. The van der Waals surface area contributed by atoms with Crippen LogP contribution in [0.1, 0.15) is 40.0 Å². The summed E-state index contributed by atoms with van der Waals surface area (Å²) in [5.74, 6) is 1.96. The Morgan fingerprint density at radius 2 is 1.73 bits per heavy atom. The second-order valence-corrected chi connectivity index (χ2v) is 5.20. The molecule has 0 bridgehead atoms. The summed E-state index contributed by atoms with van der Waals surface area (Å²) in [7, 11) is 0. The van der Waals surface area contributed by atoms with Crippen LogP contribution in [0.4, 0.5) is 0 Å². The number of rotatable bonds is 9. The van der Waals surface area contributed by atoms with Crippen LogP contribution in [0, 0.1) is 11.3 Å². The molecule has 3 heteroatoms. The zero-order chi connectivity index (χ0) is 11.7. The van der Waals surface area contributed by atoms with Crippen molar-refractivity contribution in [3.63, 3.8) is 0 Å². The van der Waals surface area contributed by atoms with Crippen molar-refractivity contribution in [3.05, 3.63) is 0 Å². The molecule has 0 aromatic carbocycles. The zero-order valence-corrected chi connectivity index (χ0v) is 11.7. The zero-order valence-electron chi connectivity index (χ0n) is 10.2. The Kier molecular flexibility index (Phi) is 8.98. The smallest absolute Gasteiger partial charge is 0.0472 e. The highest BCUT2D eigenvalue weighted by Gasteiger charge is 2.25. The van der Waals surface area contributed by atoms with Gasteiger partial charge in [0.05, 0.1) is 0 Å². The Morgan fingerprint density at radius 1 is 1.13 bits per heavy atom. The van der Waals surface area contributed by atoms with Crippen LogP contribution in [0.3, 0.4) is 0 Å². The Balaban J connectivity index is 3.63. The lowest BCUT2D eigenvalue weighted by atomic mass is 9.86. The van der Waals surface area contributed by atoms with Crippen LogP contribution in [0.2, 0.25) is 0 Å². The summed E-state index contributed by atoms with van der Waals surface area (Å²) < 4.78 is 5.59. The fraction of sp³-hybridized carbons (Fsp3) is 1.00. The maximum atomic E-state index is 5.95. The molecule has 0 atom stereocenters. The van der Waals surface area contributed by atoms with E-state index in [4.69, 9.17) is 27.9 Å². The van der Waals surface area contributed by atoms with Crippen molar-refractivity contribution in [2.45, 2.75) is 40.0 Å². The van der Waals surface area contributed by atoms with Gasteiger partial charge in [-0.1, -0.05) is 20.8 Å². The lowest BCUT2D eigenvalue weighted by molar-refractivity contribution is 0.0964. The van der Waals surface area contributed by atoms with E-state index >= 15 is 0 Å². The molecule has 0 saturated carbocycles. The van der Waals surface area contributed by atoms with E-state index in [0.717, 1.165) is 32.5 Å². The maximum Gasteiger partial charge on any atom is 0.0472 e. The fourth-order valence-corrected chi connectivity index (χ4v) is 2.18. The van der Waals surface area contributed by atoms with E-state index in [1.165, 1.54) is 0 Å². The highest BCUT2D eigenvalue weighted by Crippen LogP contribution is 2.29. The monoisotopic (exact) mass is 254 g/mol. The van der Waals surface area contributed by atoms with Crippen molar-refractivity contribution in [2.24, 2.45) is 11.3 Å². The predicted molar refractivity (Wildman–Crippen MR) is 69.1 cm³/mol. The van der Waals surface area contributed by atoms with Crippen molar-refractivity contribution in [2.75, 3.05) is 25.0 Å². The van der Waals surface area contributed by atoms with Crippen LogP contribution < -0.4 is 0 Å². The Hall–Kier alpha value is 0.540. The highest BCUT2D eigenvalue weighted by molar-refractivity contribution is 6.21. The van der Waals surface area contributed by atoms with Gasteiger partial charge < -0.3 is 4.74 Å². The molecule has 0 N–H and O–H groups in total. The van der Waals surface area contributed by atoms with Gasteiger partial charge in [-0.05, 0) is 30.6 Å². The Bertz CT molecular complexity index is 136. The van der Waals surface area contributed by atoms with Gasteiger partial charge in [0, 0.05) is 25.0 Å². The van der Waals surface area contributed by atoms with Gasteiger partial charge in [0.2, 0.25) is 0 Å². The molecule has 15 heavy (non-hydrogen) atoms. The van der Waals surface area contributed by atoms with Crippen LogP contribution in [-0.2, 0) is 4.74 Å². The molecule has 0 fully saturated rings. The molecule has 0 radical (unpaired) electrons. The summed E-state index contributed by atoms with van der Waals surface area (Å²) in [6.07, 6.45) is 3.11. The first-order valence-corrected chi connectivity index (χ1v) is 6.87. The summed E-state index contributed by atoms with van der Waals surface area (Å²) in [4.78, 5) is 0. The number of hydrogen-bond donors (Lipinski definition) is 0. The second kappa shape index (κ2) is 8.66. The molecule has 92 valence electrons. The molecule has 0 unspecified atom stereocenters. The molecule has 0 aliphatic heterocycles. The highest BCUT2D eigenvalue weighted by atomic mass is 35.5. The van der Waals surface area contributed by atoms with E-state index in [1.54, 1.807) is 0 Å². The molecule has 0 aliphatic rings. The van der Waals surface area contributed by atoms with E-state index in [-0.39, 0.29) is 5.41 Å². The third-order valence-electron chi connectivity index (χ3n) is 2.93. The van der Waals surface area contributed by atoms with Crippen molar-refractivity contribution in [1.82, 2.24) is 0 Å². The molecular formula is C12H24Cl2O. The van der Waals surface area contributed by atoms with Crippen LogP contribution in [0.5, 0.6) is 0 Å². The molecular weight excluding hydrogens is 231 g/mol. The molecule has 0 heterocycles. The maximum absolute atomic E-state index is 5.95. The van der Waals surface area contributed by atoms with E-state index in [0.29, 0.717) is 17.7 Å². The Morgan fingerprint density at radius 3 is 2.13 bits per heavy atom. The van der Waals surface area contributed by atoms with Crippen LogP contribution in [0.15, 0.2) is 0 Å². The SMILES string of the molecule is CCC(CCl)(CCl)CCOCCC(C)C. The summed E-state index contributed by atoms with van der Waals surface area (Å²) in [5.41, 5.74) is 0.0704. The largest absolute Gasteiger partial charge is 0.381 e. The van der Waals surface area contributed by atoms with Gasteiger partial charge in [0.25, 0.3) is 0 Å². The summed E-state index contributed by atoms with van der Waals surface area (Å²) in [5, 5.41) is 0. The van der Waals surface area contributed by atoms with Crippen molar-refractivity contribution in [3.8, 4) is 0 Å². The summed E-state index contributed by atoms with van der Waals surface area (Å²) in [6, 6.07) is 0. The fourth-order valence-electron chi connectivity index (χ4n) is 1.24. The van der Waals surface area contributed by atoms with Crippen molar-refractivity contribution in [1.29, 1.82) is 0 Å². The normalized spacial score (nSPS) is 12.4. The van der Waals surface area contributed by atoms with Crippen molar-refractivity contribution >= 4 is 23.2 Å². The number of halogens is 2. The standard InChI is InChI=1S/C12H24Cl2O/c1-4-12(9-13,10-14)6-8-15-7-5-11(2)3/h11H,4-10H2,1-3H3. The first-order chi connectivity index (χ1) is 7.10. The minimum absolute atomic E-state index is 0.0704. The lowest BCUT2D eigenvalue weighted by Gasteiger charge is -2.27. The van der Waals surface area contributed by atoms with E-state index in [9.17, 15) is 0 Å². The molecule has 0 aromatic rings. The average molecular weight is 255 g/mol. The van der Waals surface area contributed by atoms with Gasteiger partial charge in [-0.25, -0.2) is 0 Å². The minimum Gasteiger partial charge on any atom is -0.381 e. The predicted octanol–water partition coefficient (Wildman–Crippen LogP) is 4.31. The molecule has 0 amide bonds. The van der Waals surface area contributed by atoms with Gasteiger partial charge in [-0.3, -0.25) is 0 Å². The third-order valence-corrected chi connectivity index (χ3v) is 4.07. The quantitative estimate of drug-likeness (QED) is 0.440. The molecule has 0 saturated heterocycles. The van der Waals surface area contributed by atoms with E-state index in [1.807, 2.05) is 0 Å². The van der Waals surface area contributed by atoms with Gasteiger partial charge in [0.15, 0.2) is 0 Å². The molecule has 0 spiro atoms. The molecule has 0 aromatic heterocycles. The minimum atomic E-state index is 0.0704. The second-order valence-electron chi connectivity index (χ2n) is 4.67. The third kappa shape index (κ3) is 6.65. The van der Waals surface area contributed by atoms with Gasteiger partial charge in [-0.15, -0.1) is 23.2 Å². The van der Waals surface area contributed by atoms with Crippen LogP contribution >= 0.6 is 23.2 Å². The summed E-state index contributed by atoms with van der Waals surface area (Å²) in [6.45, 7) is 8.18.